The maximum Gasteiger partial charge on any atom is 0.266 e. The summed E-state index contributed by atoms with van der Waals surface area (Å²) >= 11 is 0. The first-order valence-corrected chi connectivity index (χ1v) is 6.39. The summed E-state index contributed by atoms with van der Waals surface area (Å²) in [7, 11) is 0. The molecule has 0 bridgehead atoms. The van der Waals surface area contributed by atoms with Gasteiger partial charge in [-0.3, -0.25) is 19.8 Å². The Hall–Kier alpha value is -2.73. The molecule has 1 unspecified atom stereocenters. The summed E-state index contributed by atoms with van der Waals surface area (Å²) in [4.78, 5) is 27.6. The molecule has 0 radical (unpaired) electrons. The van der Waals surface area contributed by atoms with Gasteiger partial charge >= 0.3 is 0 Å². The van der Waals surface area contributed by atoms with E-state index in [0.29, 0.717) is 5.56 Å². The molecule has 1 aromatic heterocycles. The molecule has 2 amide bonds. The van der Waals surface area contributed by atoms with E-state index in [1.54, 1.807) is 23.8 Å². The summed E-state index contributed by atoms with van der Waals surface area (Å²) < 4.78 is 0. The Kier molecular flexibility index (Phi) is 5.00. The first-order valence-electron chi connectivity index (χ1n) is 6.39. The molecule has 1 atom stereocenters. The number of nitrogens with zero attached hydrogens (tertiary/aromatic N) is 1. The van der Waals surface area contributed by atoms with Gasteiger partial charge in [0.1, 0.15) is 6.04 Å². The maximum atomic E-state index is 12.1. The van der Waals surface area contributed by atoms with Gasteiger partial charge < -0.3 is 5.32 Å². The van der Waals surface area contributed by atoms with Gasteiger partial charge in [0.2, 0.25) is 0 Å². The lowest BCUT2D eigenvalue weighted by Gasteiger charge is -2.16. The molecule has 21 heavy (non-hydrogen) atoms. The highest BCUT2D eigenvalue weighted by Gasteiger charge is 2.21. The van der Waals surface area contributed by atoms with Crippen LogP contribution in [0.25, 0.3) is 0 Å². The molecule has 1 heterocycles. The number of hydrogen-bond donors (Lipinski definition) is 3. The molecule has 2 rings (SSSR count). The molecule has 0 saturated carbocycles. The average molecular weight is 285 g/mol. The first-order chi connectivity index (χ1) is 10.2. The molecule has 1 aromatic carbocycles. The van der Waals surface area contributed by atoms with Crippen molar-refractivity contribution < 1.29 is 14.8 Å². The van der Waals surface area contributed by atoms with Crippen LogP contribution < -0.4 is 10.8 Å². The summed E-state index contributed by atoms with van der Waals surface area (Å²) in [5.41, 5.74) is 2.79. The fourth-order valence-corrected chi connectivity index (χ4v) is 1.88. The van der Waals surface area contributed by atoms with Crippen LogP contribution in [0.3, 0.4) is 0 Å². The Labute approximate surface area is 121 Å². The fourth-order valence-electron chi connectivity index (χ4n) is 1.88. The van der Waals surface area contributed by atoms with Crippen molar-refractivity contribution in [2.24, 2.45) is 0 Å². The Morgan fingerprint density at radius 3 is 2.52 bits per heavy atom. The fraction of sp³-hybridized carbons (Fsp3) is 0.133. The summed E-state index contributed by atoms with van der Waals surface area (Å²) in [5, 5.41) is 11.4. The van der Waals surface area contributed by atoms with Crippen LogP contribution >= 0.6 is 0 Å². The predicted molar refractivity (Wildman–Crippen MR) is 75.6 cm³/mol. The van der Waals surface area contributed by atoms with E-state index in [-0.39, 0.29) is 6.42 Å². The minimum absolute atomic E-state index is 0.277. The van der Waals surface area contributed by atoms with Gasteiger partial charge in [-0.1, -0.05) is 30.3 Å². The largest absolute Gasteiger partial charge is 0.340 e. The molecule has 6 heteroatoms. The standard InChI is InChI=1S/C15H15N3O3/c19-14(12-7-4-8-16-10-12)17-13(15(20)18-21)9-11-5-2-1-3-6-11/h1-8,10,13,21H,9H2,(H,17,19)(H,18,20). The highest BCUT2D eigenvalue weighted by molar-refractivity contribution is 5.97. The monoisotopic (exact) mass is 285 g/mol. The topological polar surface area (TPSA) is 91.3 Å². The molecule has 3 N–H and O–H groups in total. The van der Waals surface area contributed by atoms with Crippen molar-refractivity contribution in [2.45, 2.75) is 12.5 Å². The summed E-state index contributed by atoms with van der Waals surface area (Å²) in [6, 6.07) is 11.6. The zero-order valence-electron chi connectivity index (χ0n) is 11.2. The van der Waals surface area contributed by atoms with Crippen LogP contribution in [0.2, 0.25) is 0 Å². The van der Waals surface area contributed by atoms with Gasteiger partial charge in [0.05, 0.1) is 5.56 Å². The average Bonchev–Trinajstić information content (AvgIpc) is 2.55. The van der Waals surface area contributed by atoms with E-state index in [1.807, 2.05) is 30.3 Å². The van der Waals surface area contributed by atoms with Crippen molar-refractivity contribution in [2.75, 3.05) is 0 Å². The van der Waals surface area contributed by atoms with Crippen molar-refractivity contribution in [1.82, 2.24) is 15.8 Å². The number of carbonyl (C=O) groups excluding carboxylic acids is 2. The normalized spacial score (nSPS) is 11.5. The first kappa shape index (κ1) is 14.7. The minimum Gasteiger partial charge on any atom is -0.340 e. The number of aromatic nitrogens is 1. The third-order valence-electron chi connectivity index (χ3n) is 2.94. The van der Waals surface area contributed by atoms with Crippen molar-refractivity contribution >= 4 is 11.8 Å². The van der Waals surface area contributed by atoms with Crippen molar-refractivity contribution in [3.05, 3.63) is 66.0 Å². The SMILES string of the molecule is O=C(NC(Cc1ccccc1)C(=O)NO)c1cccnc1. The highest BCUT2D eigenvalue weighted by atomic mass is 16.5. The van der Waals surface area contributed by atoms with Gasteiger partial charge in [-0.05, 0) is 17.7 Å². The number of hydroxylamine groups is 1. The summed E-state index contributed by atoms with van der Waals surface area (Å²) in [6.07, 6.45) is 3.24. The molecule has 2 aromatic rings. The molecule has 0 aliphatic rings. The second-order valence-electron chi connectivity index (χ2n) is 4.43. The number of hydrogen-bond acceptors (Lipinski definition) is 4. The van der Waals surface area contributed by atoms with Crippen LogP contribution in [0.4, 0.5) is 0 Å². The second-order valence-corrected chi connectivity index (χ2v) is 4.43. The van der Waals surface area contributed by atoms with Crippen molar-refractivity contribution in [3.8, 4) is 0 Å². The van der Waals surface area contributed by atoms with E-state index in [0.717, 1.165) is 5.56 Å². The Bertz CT molecular complexity index is 602. The molecule has 0 saturated heterocycles. The van der Waals surface area contributed by atoms with Crippen LogP contribution in [-0.2, 0) is 11.2 Å². The van der Waals surface area contributed by atoms with Gasteiger partial charge in [0.15, 0.2) is 0 Å². The number of nitrogens with one attached hydrogen (secondary N) is 2. The number of carbonyl (C=O) groups is 2. The van der Waals surface area contributed by atoms with E-state index >= 15 is 0 Å². The molecule has 0 fully saturated rings. The Morgan fingerprint density at radius 1 is 1.14 bits per heavy atom. The van der Waals surface area contributed by atoms with Crippen molar-refractivity contribution in [3.63, 3.8) is 0 Å². The van der Waals surface area contributed by atoms with Gasteiger partial charge in [-0.2, -0.15) is 0 Å². The van der Waals surface area contributed by atoms with E-state index in [9.17, 15) is 9.59 Å². The van der Waals surface area contributed by atoms with Gasteiger partial charge in [-0.25, -0.2) is 5.48 Å². The van der Waals surface area contributed by atoms with E-state index in [4.69, 9.17) is 5.21 Å². The summed E-state index contributed by atoms with van der Waals surface area (Å²) in [6.45, 7) is 0. The molecule has 0 spiro atoms. The minimum atomic E-state index is -0.870. The third kappa shape index (κ3) is 4.12. The van der Waals surface area contributed by atoms with E-state index in [1.165, 1.54) is 6.20 Å². The number of pyridine rings is 1. The zero-order valence-corrected chi connectivity index (χ0v) is 11.2. The van der Waals surface area contributed by atoms with Gasteiger partial charge in [0.25, 0.3) is 11.8 Å². The van der Waals surface area contributed by atoms with Crippen molar-refractivity contribution in [1.29, 1.82) is 0 Å². The van der Waals surface area contributed by atoms with Crippen LogP contribution in [0.1, 0.15) is 15.9 Å². The quantitative estimate of drug-likeness (QED) is 0.563. The molecular formula is C15H15N3O3. The molecule has 6 nitrogen and oxygen atoms in total. The van der Waals surface area contributed by atoms with Crippen LogP contribution in [0.5, 0.6) is 0 Å². The van der Waals surface area contributed by atoms with Crippen LogP contribution in [0, 0.1) is 0 Å². The number of rotatable bonds is 5. The zero-order chi connectivity index (χ0) is 15.1. The van der Waals surface area contributed by atoms with E-state index < -0.39 is 17.9 Å². The molecule has 0 aliphatic carbocycles. The van der Waals surface area contributed by atoms with Gasteiger partial charge in [0, 0.05) is 18.8 Å². The number of benzene rings is 1. The van der Waals surface area contributed by atoms with E-state index in [2.05, 4.69) is 10.3 Å². The number of amides is 2. The third-order valence-corrected chi connectivity index (χ3v) is 2.94. The second kappa shape index (κ2) is 7.16. The lowest BCUT2D eigenvalue weighted by atomic mass is 10.1. The predicted octanol–water partition coefficient (Wildman–Crippen LogP) is 0.928. The van der Waals surface area contributed by atoms with Gasteiger partial charge in [-0.15, -0.1) is 0 Å². The summed E-state index contributed by atoms with van der Waals surface area (Å²) in [5.74, 6) is -1.09. The lowest BCUT2D eigenvalue weighted by molar-refractivity contribution is -0.131. The smallest absolute Gasteiger partial charge is 0.266 e. The maximum absolute atomic E-state index is 12.1. The Morgan fingerprint density at radius 2 is 1.90 bits per heavy atom. The highest BCUT2D eigenvalue weighted by Crippen LogP contribution is 2.05. The molecular weight excluding hydrogens is 270 g/mol. The lowest BCUT2D eigenvalue weighted by Crippen LogP contribution is -2.47. The van der Waals surface area contributed by atoms with Crippen LogP contribution in [-0.4, -0.2) is 28.0 Å². The molecule has 108 valence electrons. The Balaban J connectivity index is 2.10. The van der Waals surface area contributed by atoms with Crippen LogP contribution in [0.15, 0.2) is 54.9 Å². The molecule has 0 aliphatic heterocycles.